The van der Waals surface area contributed by atoms with Gasteiger partial charge in [0.15, 0.2) is 0 Å². The summed E-state index contributed by atoms with van der Waals surface area (Å²) in [5, 5.41) is 3.30. The lowest BCUT2D eigenvalue weighted by molar-refractivity contribution is 0.320. The van der Waals surface area contributed by atoms with Gasteiger partial charge in [-0.3, -0.25) is 0 Å². The minimum absolute atomic E-state index is 0. The molecule has 1 fully saturated rings. The molecule has 2 unspecified atom stereocenters. The first-order chi connectivity index (χ1) is 9.53. The Morgan fingerprint density at radius 2 is 2.00 bits per heavy atom. The summed E-state index contributed by atoms with van der Waals surface area (Å²) in [7, 11) is -1.91. The zero-order valence-electron chi connectivity index (χ0n) is 12.3. The predicted molar refractivity (Wildman–Crippen MR) is 85.6 cm³/mol. The maximum Gasteiger partial charge on any atom is 0.240 e. The minimum atomic E-state index is -3.47. The number of rotatable bonds is 5. The Balaban J connectivity index is 0.00000220. The predicted octanol–water partition coefficient (Wildman–Crippen LogP) is 1.78. The van der Waals surface area contributed by atoms with E-state index in [1.54, 1.807) is 31.4 Å². The molecule has 1 aromatic rings. The SMILES string of the molecule is COc1ccc(S(=O)(=O)NC(C)C2CCCNC2)cc1.Cl. The largest absolute Gasteiger partial charge is 0.497 e. The van der Waals surface area contributed by atoms with Gasteiger partial charge in [0.2, 0.25) is 10.0 Å². The third-order valence-electron chi connectivity index (χ3n) is 3.75. The van der Waals surface area contributed by atoms with E-state index in [-0.39, 0.29) is 23.3 Å². The molecule has 1 aromatic carbocycles. The maximum atomic E-state index is 12.3. The van der Waals surface area contributed by atoms with E-state index in [0.717, 1.165) is 25.9 Å². The maximum absolute atomic E-state index is 12.3. The number of methoxy groups -OCH3 is 1. The van der Waals surface area contributed by atoms with E-state index in [1.165, 1.54) is 0 Å². The normalized spacial score (nSPS) is 20.4. The molecule has 0 aliphatic carbocycles. The Morgan fingerprint density at radius 1 is 1.33 bits per heavy atom. The zero-order valence-corrected chi connectivity index (χ0v) is 14.0. The molecule has 21 heavy (non-hydrogen) atoms. The molecule has 0 spiro atoms. The van der Waals surface area contributed by atoms with Gasteiger partial charge in [-0.1, -0.05) is 0 Å². The van der Waals surface area contributed by atoms with Gasteiger partial charge in [0.1, 0.15) is 5.75 Å². The molecule has 7 heteroatoms. The molecule has 2 atom stereocenters. The minimum Gasteiger partial charge on any atom is -0.497 e. The van der Waals surface area contributed by atoms with Crippen LogP contribution in [0.1, 0.15) is 19.8 Å². The molecule has 1 heterocycles. The van der Waals surface area contributed by atoms with Gasteiger partial charge in [-0.15, -0.1) is 12.4 Å². The van der Waals surface area contributed by atoms with Gasteiger partial charge < -0.3 is 10.1 Å². The van der Waals surface area contributed by atoms with E-state index in [4.69, 9.17) is 4.74 Å². The van der Waals surface area contributed by atoms with Crippen LogP contribution in [-0.4, -0.2) is 34.7 Å². The van der Waals surface area contributed by atoms with E-state index in [0.29, 0.717) is 11.7 Å². The smallest absolute Gasteiger partial charge is 0.240 e. The van der Waals surface area contributed by atoms with Crippen molar-refractivity contribution in [1.29, 1.82) is 0 Å². The Hall–Kier alpha value is -0.820. The number of piperidine rings is 1. The molecule has 1 aliphatic rings. The summed E-state index contributed by atoms with van der Waals surface area (Å²) in [6, 6.07) is 6.36. The molecule has 0 saturated carbocycles. The van der Waals surface area contributed by atoms with Gasteiger partial charge in [-0.2, -0.15) is 0 Å². The van der Waals surface area contributed by atoms with Gasteiger partial charge >= 0.3 is 0 Å². The summed E-state index contributed by atoms with van der Waals surface area (Å²) in [6.07, 6.45) is 2.15. The van der Waals surface area contributed by atoms with Gasteiger partial charge in [0.25, 0.3) is 0 Å². The van der Waals surface area contributed by atoms with Crippen LogP contribution in [0.2, 0.25) is 0 Å². The number of hydrogen-bond acceptors (Lipinski definition) is 4. The molecular weight excluding hydrogens is 312 g/mol. The number of sulfonamides is 1. The van der Waals surface area contributed by atoms with Crippen LogP contribution in [0, 0.1) is 5.92 Å². The summed E-state index contributed by atoms with van der Waals surface area (Å²) >= 11 is 0. The van der Waals surface area contributed by atoms with Crippen molar-refractivity contribution < 1.29 is 13.2 Å². The molecule has 0 aromatic heterocycles. The fourth-order valence-electron chi connectivity index (χ4n) is 2.47. The van der Waals surface area contributed by atoms with Crippen LogP contribution in [-0.2, 0) is 10.0 Å². The van der Waals surface area contributed by atoms with Crippen LogP contribution in [0.25, 0.3) is 0 Å². The summed E-state index contributed by atoms with van der Waals surface area (Å²) in [5.41, 5.74) is 0. The Morgan fingerprint density at radius 3 is 2.52 bits per heavy atom. The molecule has 1 saturated heterocycles. The summed E-state index contributed by atoms with van der Waals surface area (Å²) in [6.45, 7) is 3.82. The van der Waals surface area contributed by atoms with Crippen molar-refractivity contribution in [3.63, 3.8) is 0 Å². The van der Waals surface area contributed by atoms with Crippen molar-refractivity contribution in [3.05, 3.63) is 24.3 Å². The zero-order chi connectivity index (χ0) is 14.6. The quantitative estimate of drug-likeness (QED) is 0.861. The lowest BCUT2D eigenvalue weighted by atomic mass is 9.94. The van der Waals surface area contributed by atoms with E-state index in [2.05, 4.69) is 10.0 Å². The van der Waals surface area contributed by atoms with Gasteiger partial charge in [0.05, 0.1) is 12.0 Å². The first-order valence-corrected chi connectivity index (χ1v) is 8.38. The van der Waals surface area contributed by atoms with Crippen LogP contribution >= 0.6 is 12.4 Å². The summed E-state index contributed by atoms with van der Waals surface area (Å²) < 4.78 is 32.4. The van der Waals surface area contributed by atoms with Crippen LogP contribution in [0.15, 0.2) is 29.2 Å². The molecule has 5 nitrogen and oxygen atoms in total. The van der Waals surface area contributed by atoms with Gasteiger partial charge in [-0.05, 0) is 63.0 Å². The lowest BCUT2D eigenvalue weighted by Gasteiger charge is -2.28. The highest BCUT2D eigenvalue weighted by Gasteiger charge is 2.24. The second-order valence-corrected chi connectivity index (χ2v) is 6.91. The van der Waals surface area contributed by atoms with Crippen molar-refractivity contribution in [3.8, 4) is 5.75 Å². The summed E-state index contributed by atoms with van der Waals surface area (Å²) in [4.78, 5) is 0.272. The first kappa shape index (κ1) is 18.2. The number of nitrogens with one attached hydrogen (secondary N) is 2. The number of benzene rings is 1. The molecule has 1 aliphatic heterocycles. The highest BCUT2D eigenvalue weighted by molar-refractivity contribution is 7.89. The molecule has 0 bridgehead atoms. The number of ether oxygens (including phenoxy) is 1. The average molecular weight is 335 g/mol. The first-order valence-electron chi connectivity index (χ1n) is 6.90. The Bertz CT molecular complexity index is 528. The number of halogens is 1. The van der Waals surface area contributed by atoms with Crippen LogP contribution in [0.5, 0.6) is 5.75 Å². The monoisotopic (exact) mass is 334 g/mol. The molecular formula is C14H23ClN2O3S. The average Bonchev–Trinajstić information content (AvgIpc) is 2.48. The van der Waals surface area contributed by atoms with Crippen molar-refractivity contribution in [1.82, 2.24) is 10.0 Å². The second kappa shape index (κ2) is 7.98. The third kappa shape index (κ3) is 4.85. The second-order valence-electron chi connectivity index (χ2n) is 5.19. The van der Waals surface area contributed by atoms with Crippen LogP contribution in [0.3, 0.4) is 0 Å². The Labute approximate surface area is 132 Å². The lowest BCUT2D eigenvalue weighted by Crippen LogP contribution is -2.44. The third-order valence-corrected chi connectivity index (χ3v) is 5.33. The van der Waals surface area contributed by atoms with Gasteiger partial charge in [-0.25, -0.2) is 13.1 Å². The molecule has 0 amide bonds. The molecule has 120 valence electrons. The van der Waals surface area contributed by atoms with E-state index >= 15 is 0 Å². The molecule has 2 rings (SSSR count). The Kier molecular flexibility index (Phi) is 6.93. The fraction of sp³-hybridized carbons (Fsp3) is 0.571. The standard InChI is InChI=1S/C14H22N2O3S.ClH/c1-11(12-4-3-9-15-10-12)16-20(17,18)14-7-5-13(19-2)6-8-14;/h5-8,11-12,15-16H,3-4,9-10H2,1-2H3;1H. The van der Waals surface area contributed by atoms with Crippen molar-refractivity contribution >= 4 is 22.4 Å². The van der Waals surface area contributed by atoms with Crippen molar-refractivity contribution in [2.75, 3.05) is 20.2 Å². The van der Waals surface area contributed by atoms with E-state index in [9.17, 15) is 8.42 Å². The van der Waals surface area contributed by atoms with Crippen molar-refractivity contribution in [2.24, 2.45) is 5.92 Å². The fourth-order valence-corrected chi connectivity index (χ4v) is 3.78. The topological polar surface area (TPSA) is 67.4 Å². The summed E-state index contributed by atoms with van der Waals surface area (Å²) in [5.74, 6) is 0.991. The highest BCUT2D eigenvalue weighted by Crippen LogP contribution is 2.19. The van der Waals surface area contributed by atoms with Crippen molar-refractivity contribution in [2.45, 2.75) is 30.7 Å². The van der Waals surface area contributed by atoms with Crippen LogP contribution < -0.4 is 14.8 Å². The number of hydrogen-bond donors (Lipinski definition) is 2. The molecule has 0 radical (unpaired) electrons. The molecule has 2 N–H and O–H groups in total. The van der Waals surface area contributed by atoms with Crippen LogP contribution in [0.4, 0.5) is 0 Å². The van der Waals surface area contributed by atoms with E-state index < -0.39 is 10.0 Å². The van der Waals surface area contributed by atoms with Gasteiger partial charge in [0, 0.05) is 6.04 Å². The highest BCUT2D eigenvalue weighted by atomic mass is 35.5. The van der Waals surface area contributed by atoms with E-state index in [1.807, 2.05) is 6.92 Å².